The van der Waals surface area contributed by atoms with Crippen molar-refractivity contribution in [2.75, 3.05) is 18.9 Å². The molecule has 0 saturated heterocycles. The van der Waals surface area contributed by atoms with Crippen molar-refractivity contribution in [1.29, 1.82) is 0 Å². The molecule has 2 aromatic carbocycles. The summed E-state index contributed by atoms with van der Waals surface area (Å²) in [5.74, 6) is 0.823. The molecule has 1 aromatic heterocycles. The summed E-state index contributed by atoms with van der Waals surface area (Å²) in [6.45, 7) is 1.79. The number of guanidine groups is 1. The lowest BCUT2D eigenvalue weighted by Gasteiger charge is -2.26. The fourth-order valence-corrected chi connectivity index (χ4v) is 3.86. The molecule has 2 heterocycles. The van der Waals surface area contributed by atoms with Crippen LogP contribution < -0.4 is 21.5 Å². The van der Waals surface area contributed by atoms with Gasteiger partial charge in [0.05, 0.1) is 6.54 Å². The van der Waals surface area contributed by atoms with Crippen LogP contribution in [-0.2, 0) is 17.9 Å². The van der Waals surface area contributed by atoms with Crippen LogP contribution in [0.15, 0.2) is 82.7 Å². The van der Waals surface area contributed by atoms with Gasteiger partial charge in [-0.15, -0.1) is 24.0 Å². The minimum absolute atomic E-state index is 0. The molecule has 1 atom stereocenters. The van der Waals surface area contributed by atoms with Gasteiger partial charge in [-0.25, -0.2) is 0 Å². The lowest BCUT2D eigenvalue weighted by Crippen LogP contribution is -2.40. The largest absolute Gasteiger partial charge is 0.356 e. The van der Waals surface area contributed by atoms with Crippen molar-refractivity contribution in [3.05, 3.63) is 100.0 Å². The minimum Gasteiger partial charge on any atom is -0.356 e. The first-order valence-electron chi connectivity index (χ1n) is 10.7. The quantitative estimate of drug-likeness (QED) is 0.247. The van der Waals surface area contributed by atoms with Crippen molar-refractivity contribution in [3.8, 4) is 0 Å². The van der Waals surface area contributed by atoms with Crippen molar-refractivity contribution in [3.63, 3.8) is 0 Å². The van der Waals surface area contributed by atoms with Gasteiger partial charge in [-0.1, -0.05) is 48.5 Å². The zero-order chi connectivity index (χ0) is 22.3. The van der Waals surface area contributed by atoms with Crippen molar-refractivity contribution in [2.24, 2.45) is 4.99 Å². The Morgan fingerprint density at radius 3 is 2.48 bits per heavy atom. The topological polar surface area (TPSA) is 87.5 Å². The first-order valence-corrected chi connectivity index (χ1v) is 10.7. The number of aromatic nitrogens is 1. The van der Waals surface area contributed by atoms with E-state index < -0.39 is 0 Å². The first-order chi connectivity index (χ1) is 15.6. The maximum atomic E-state index is 12.0. The van der Waals surface area contributed by atoms with E-state index in [1.807, 2.05) is 48.5 Å². The molecule has 0 aliphatic carbocycles. The number of halogens is 1. The maximum Gasteiger partial charge on any atom is 0.250 e. The summed E-state index contributed by atoms with van der Waals surface area (Å²) < 4.78 is 1.68. The number of aliphatic imine (C=N–C) groups is 1. The molecular formula is C25H28IN5O2. The number of hydrogen-bond acceptors (Lipinski definition) is 3. The Labute approximate surface area is 210 Å². The zero-order valence-electron chi connectivity index (χ0n) is 18.5. The Kier molecular flexibility index (Phi) is 8.65. The zero-order valence-corrected chi connectivity index (χ0v) is 20.8. The molecule has 3 N–H and O–H groups in total. The molecule has 1 unspecified atom stereocenters. The molecule has 0 saturated carbocycles. The van der Waals surface area contributed by atoms with E-state index in [1.54, 1.807) is 29.9 Å². The van der Waals surface area contributed by atoms with Gasteiger partial charge in [-0.2, -0.15) is 0 Å². The van der Waals surface area contributed by atoms with Crippen molar-refractivity contribution < 1.29 is 4.79 Å². The molecular weight excluding hydrogens is 529 g/mol. The highest BCUT2D eigenvalue weighted by Gasteiger charge is 2.24. The van der Waals surface area contributed by atoms with Gasteiger partial charge >= 0.3 is 0 Å². The van der Waals surface area contributed by atoms with Gasteiger partial charge in [0.2, 0.25) is 5.91 Å². The van der Waals surface area contributed by atoms with E-state index in [0.29, 0.717) is 32.0 Å². The number of amides is 1. The monoisotopic (exact) mass is 557 g/mol. The molecule has 7 nitrogen and oxygen atoms in total. The summed E-state index contributed by atoms with van der Waals surface area (Å²) in [6.07, 6.45) is 2.24. The number of benzene rings is 2. The molecule has 0 spiro atoms. The fourth-order valence-electron chi connectivity index (χ4n) is 3.86. The number of fused-ring (bicyclic) bond motifs is 1. The molecule has 1 amide bonds. The van der Waals surface area contributed by atoms with E-state index >= 15 is 0 Å². The maximum absolute atomic E-state index is 12.0. The average molecular weight is 557 g/mol. The molecule has 4 rings (SSSR count). The summed E-state index contributed by atoms with van der Waals surface area (Å²) in [6, 6.07) is 21.2. The summed E-state index contributed by atoms with van der Waals surface area (Å²) >= 11 is 0. The van der Waals surface area contributed by atoms with Gasteiger partial charge in [0.25, 0.3) is 5.56 Å². The normalized spacial score (nSPS) is 15.1. The van der Waals surface area contributed by atoms with Crippen LogP contribution in [0.1, 0.15) is 29.0 Å². The number of anilines is 1. The lowest BCUT2D eigenvalue weighted by atomic mass is 9.90. The Bertz CT molecular complexity index is 1170. The van der Waals surface area contributed by atoms with Gasteiger partial charge in [-0.3, -0.25) is 14.6 Å². The third-order valence-corrected chi connectivity index (χ3v) is 5.58. The summed E-state index contributed by atoms with van der Waals surface area (Å²) in [7, 11) is 1.73. The van der Waals surface area contributed by atoms with Crippen LogP contribution in [0.25, 0.3) is 0 Å². The van der Waals surface area contributed by atoms with Crippen LogP contribution >= 0.6 is 24.0 Å². The second-order valence-electron chi connectivity index (χ2n) is 7.83. The number of para-hydroxylation sites is 1. The third-order valence-electron chi connectivity index (χ3n) is 5.58. The van der Waals surface area contributed by atoms with Gasteiger partial charge in [-0.05, 0) is 28.8 Å². The third kappa shape index (κ3) is 6.44. The van der Waals surface area contributed by atoms with Crippen LogP contribution in [0, 0.1) is 0 Å². The molecule has 0 fully saturated rings. The standard InChI is InChI=1S/C25H27N5O2.HI/c1-26-25(28-16-20-14-23(31)29-22-7-3-2-6-21(20)22)27-15-18-9-11-19(12-10-18)17-30-13-5-4-8-24(30)32;/h2-13,20H,14-17H2,1H3,(H,29,31)(H2,26,27,28);1H. The van der Waals surface area contributed by atoms with Crippen LogP contribution in [0.3, 0.4) is 0 Å². The Morgan fingerprint density at radius 2 is 1.73 bits per heavy atom. The molecule has 33 heavy (non-hydrogen) atoms. The number of pyridine rings is 1. The summed E-state index contributed by atoms with van der Waals surface area (Å²) in [5, 5.41) is 9.59. The number of hydrogen-bond donors (Lipinski definition) is 3. The number of rotatable bonds is 6. The predicted octanol–water partition coefficient (Wildman–Crippen LogP) is 3.31. The van der Waals surface area contributed by atoms with Crippen LogP contribution in [0.2, 0.25) is 0 Å². The Balaban J connectivity index is 0.00000306. The molecule has 0 radical (unpaired) electrons. The number of nitrogens with one attached hydrogen (secondary N) is 3. The smallest absolute Gasteiger partial charge is 0.250 e. The van der Waals surface area contributed by atoms with Crippen molar-refractivity contribution in [2.45, 2.75) is 25.4 Å². The number of carbonyl (C=O) groups excluding carboxylic acids is 1. The van der Waals surface area contributed by atoms with Crippen LogP contribution in [0.4, 0.5) is 5.69 Å². The molecule has 8 heteroatoms. The molecule has 0 bridgehead atoms. The van der Waals surface area contributed by atoms with E-state index in [4.69, 9.17) is 0 Å². The fraction of sp³-hybridized carbons (Fsp3) is 0.240. The number of carbonyl (C=O) groups is 1. The first kappa shape index (κ1) is 24.5. The van der Waals surface area contributed by atoms with Crippen molar-refractivity contribution in [1.82, 2.24) is 15.2 Å². The molecule has 1 aliphatic rings. The van der Waals surface area contributed by atoms with Gasteiger partial charge < -0.3 is 20.5 Å². The van der Waals surface area contributed by atoms with Crippen LogP contribution in [-0.4, -0.2) is 30.0 Å². The molecule has 172 valence electrons. The second kappa shape index (κ2) is 11.6. The van der Waals surface area contributed by atoms with E-state index in [0.717, 1.165) is 22.4 Å². The summed E-state index contributed by atoms with van der Waals surface area (Å²) in [4.78, 5) is 28.2. The average Bonchev–Trinajstić information content (AvgIpc) is 2.81. The van der Waals surface area contributed by atoms with E-state index in [2.05, 4.69) is 27.0 Å². The molecule has 1 aliphatic heterocycles. The Morgan fingerprint density at radius 1 is 1.00 bits per heavy atom. The highest BCUT2D eigenvalue weighted by Crippen LogP contribution is 2.31. The van der Waals surface area contributed by atoms with E-state index in [-0.39, 0.29) is 41.4 Å². The highest BCUT2D eigenvalue weighted by atomic mass is 127. The van der Waals surface area contributed by atoms with Gasteiger partial charge in [0, 0.05) is 50.4 Å². The Hall–Kier alpha value is -3.14. The van der Waals surface area contributed by atoms with Crippen molar-refractivity contribution >= 4 is 41.5 Å². The highest BCUT2D eigenvalue weighted by molar-refractivity contribution is 14.0. The van der Waals surface area contributed by atoms with Crippen LogP contribution in [0.5, 0.6) is 0 Å². The van der Waals surface area contributed by atoms with Gasteiger partial charge in [0.15, 0.2) is 5.96 Å². The molecule has 3 aromatic rings. The second-order valence-corrected chi connectivity index (χ2v) is 7.83. The minimum atomic E-state index is -0.00816. The van der Waals surface area contributed by atoms with E-state index in [1.165, 1.54) is 0 Å². The summed E-state index contributed by atoms with van der Waals surface area (Å²) in [5.41, 5.74) is 4.20. The SMILES string of the molecule is CN=C(NCc1ccc(Cn2ccccc2=O)cc1)NCC1CC(=O)Nc2ccccc21.I. The lowest BCUT2D eigenvalue weighted by molar-refractivity contribution is -0.116. The van der Waals surface area contributed by atoms with Gasteiger partial charge in [0.1, 0.15) is 0 Å². The van der Waals surface area contributed by atoms with E-state index in [9.17, 15) is 9.59 Å². The number of nitrogens with zero attached hydrogens (tertiary/aromatic N) is 2. The predicted molar refractivity (Wildman–Crippen MR) is 142 cm³/mol.